The lowest BCUT2D eigenvalue weighted by molar-refractivity contribution is -0.141. The van der Waals surface area contributed by atoms with Gasteiger partial charge in [0.25, 0.3) is 0 Å². The van der Waals surface area contributed by atoms with Crippen molar-refractivity contribution in [3.05, 3.63) is 24.0 Å². The molecule has 19 heavy (non-hydrogen) atoms. The average Bonchev–Trinajstić information content (AvgIpc) is 2.42. The molecule has 1 atom stereocenters. The molecule has 0 spiro atoms. The maximum absolute atomic E-state index is 11.9. The van der Waals surface area contributed by atoms with Crippen LogP contribution in [0.2, 0.25) is 0 Å². The summed E-state index contributed by atoms with van der Waals surface area (Å²) in [5.41, 5.74) is 0.651. The van der Waals surface area contributed by atoms with Crippen molar-refractivity contribution >= 4 is 12.0 Å². The fourth-order valence-electron chi connectivity index (χ4n) is 1.47. The molecule has 0 aliphatic carbocycles. The van der Waals surface area contributed by atoms with Crippen LogP contribution in [0.4, 0.5) is 4.79 Å². The van der Waals surface area contributed by atoms with E-state index in [1.54, 1.807) is 32.2 Å². The van der Waals surface area contributed by atoms with Crippen LogP contribution in [0.5, 0.6) is 0 Å². The molecule has 1 rings (SSSR count). The summed E-state index contributed by atoms with van der Waals surface area (Å²) < 4.78 is 0. The van der Waals surface area contributed by atoms with Gasteiger partial charge in [-0.3, -0.25) is 4.79 Å². The Labute approximate surface area is 111 Å². The van der Waals surface area contributed by atoms with Crippen molar-refractivity contribution in [2.75, 3.05) is 13.1 Å². The van der Waals surface area contributed by atoms with Gasteiger partial charge in [0.05, 0.1) is 18.2 Å². The minimum Gasteiger partial charge on any atom is -0.481 e. The number of nitrogens with one attached hydrogen (secondary N) is 1. The molecule has 2 amide bonds. The highest BCUT2D eigenvalue weighted by atomic mass is 16.4. The fraction of sp³-hybridized carbons (Fsp3) is 0.500. The van der Waals surface area contributed by atoms with Crippen LogP contribution in [0, 0.1) is 5.92 Å². The fourth-order valence-corrected chi connectivity index (χ4v) is 1.47. The molecular weight excluding hydrogens is 248 g/mol. The largest absolute Gasteiger partial charge is 0.481 e. The van der Waals surface area contributed by atoms with Crippen molar-refractivity contribution in [2.24, 2.45) is 5.92 Å². The van der Waals surface area contributed by atoms with Crippen LogP contribution in [0.1, 0.15) is 19.5 Å². The van der Waals surface area contributed by atoms with E-state index < -0.39 is 11.9 Å². The molecule has 0 aromatic carbocycles. The van der Waals surface area contributed by atoms with Gasteiger partial charge in [-0.15, -0.1) is 0 Å². The molecule has 7 nitrogen and oxygen atoms in total. The second-order valence-corrected chi connectivity index (χ2v) is 4.15. The first-order valence-electron chi connectivity index (χ1n) is 6.06. The van der Waals surface area contributed by atoms with Crippen LogP contribution in [0.3, 0.4) is 0 Å². The Hall–Kier alpha value is -2.18. The zero-order valence-electron chi connectivity index (χ0n) is 11.0. The summed E-state index contributed by atoms with van der Waals surface area (Å²) >= 11 is 0. The lowest BCUT2D eigenvalue weighted by Gasteiger charge is -2.23. The van der Waals surface area contributed by atoms with Crippen molar-refractivity contribution in [3.8, 4) is 0 Å². The van der Waals surface area contributed by atoms with Crippen LogP contribution in [0.25, 0.3) is 0 Å². The SMILES string of the molecule is CCN(CC(C)C(=O)O)C(=O)NCc1cccnn1. The van der Waals surface area contributed by atoms with Crippen molar-refractivity contribution in [2.45, 2.75) is 20.4 Å². The lowest BCUT2D eigenvalue weighted by atomic mass is 10.2. The van der Waals surface area contributed by atoms with Gasteiger partial charge < -0.3 is 15.3 Å². The van der Waals surface area contributed by atoms with Crippen molar-refractivity contribution in [1.82, 2.24) is 20.4 Å². The summed E-state index contributed by atoms with van der Waals surface area (Å²) in [6, 6.07) is 3.18. The molecule has 1 aromatic rings. The summed E-state index contributed by atoms with van der Waals surface area (Å²) in [4.78, 5) is 24.1. The van der Waals surface area contributed by atoms with Gasteiger partial charge in [0, 0.05) is 19.3 Å². The quantitative estimate of drug-likeness (QED) is 0.791. The Morgan fingerprint density at radius 1 is 1.53 bits per heavy atom. The number of urea groups is 1. The number of hydrogen-bond acceptors (Lipinski definition) is 4. The summed E-state index contributed by atoms with van der Waals surface area (Å²) in [6.07, 6.45) is 1.55. The Morgan fingerprint density at radius 3 is 2.79 bits per heavy atom. The maximum Gasteiger partial charge on any atom is 0.317 e. The average molecular weight is 266 g/mol. The number of carbonyl (C=O) groups excluding carboxylic acids is 1. The molecule has 0 radical (unpaired) electrons. The lowest BCUT2D eigenvalue weighted by Crippen LogP contribution is -2.43. The first-order chi connectivity index (χ1) is 9.04. The van der Waals surface area contributed by atoms with Crippen LogP contribution >= 0.6 is 0 Å². The van der Waals surface area contributed by atoms with Gasteiger partial charge in [0.1, 0.15) is 0 Å². The zero-order chi connectivity index (χ0) is 14.3. The van der Waals surface area contributed by atoms with Crippen LogP contribution in [0.15, 0.2) is 18.3 Å². The number of carboxylic acids is 1. The molecule has 7 heteroatoms. The number of amides is 2. The molecule has 104 valence electrons. The Bertz CT molecular complexity index is 424. The van der Waals surface area contributed by atoms with Gasteiger partial charge in [-0.2, -0.15) is 10.2 Å². The monoisotopic (exact) mass is 266 g/mol. The molecule has 0 aliphatic heterocycles. The van der Waals surface area contributed by atoms with Gasteiger partial charge >= 0.3 is 12.0 Å². The third-order valence-electron chi connectivity index (χ3n) is 2.63. The summed E-state index contributed by atoms with van der Waals surface area (Å²) in [6.45, 7) is 4.27. The molecule has 1 heterocycles. The third kappa shape index (κ3) is 4.90. The van der Waals surface area contributed by atoms with E-state index in [2.05, 4.69) is 15.5 Å². The second-order valence-electron chi connectivity index (χ2n) is 4.15. The predicted molar refractivity (Wildman–Crippen MR) is 68.3 cm³/mol. The number of rotatable bonds is 6. The van der Waals surface area contributed by atoms with Gasteiger partial charge in [0.15, 0.2) is 0 Å². The van der Waals surface area contributed by atoms with Gasteiger partial charge in [-0.25, -0.2) is 4.79 Å². The molecule has 1 unspecified atom stereocenters. The van der Waals surface area contributed by atoms with E-state index in [4.69, 9.17) is 5.11 Å². The van der Waals surface area contributed by atoms with E-state index >= 15 is 0 Å². The first kappa shape index (κ1) is 14.9. The van der Waals surface area contributed by atoms with Crippen molar-refractivity contribution in [3.63, 3.8) is 0 Å². The number of aliphatic carboxylic acids is 1. The molecular formula is C12H18N4O3. The molecule has 0 saturated heterocycles. The van der Waals surface area contributed by atoms with E-state index in [0.717, 1.165) is 0 Å². The topological polar surface area (TPSA) is 95.4 Å². The van der Waals surface area contributed by atoms with Gasteiger partial charge in [-0.1, -0.05) is 6.92 Å². The summed E-state index contributed by atoms with van der Waals surface area (Å²) in [5.74, 6) is -1.51. The highest BCUT2D eigenvalue weighted by Gasteiger charge is 2.18. The normalized spacial score (nSPS) is 11.7. The van der Waals surface area contributed by atoms with E-state index in [9.17, 15) is 9.59 Å². The zero-order valence-corrected chi connectivity index (χ0v) is 11.0. The van der Waals surface area contributed by atoms with Crippen LogP contribution in [-0.2, 0) is 11.3 Å². The highest BCUT2D eigenvalue weighted by Crippen LogP contribution is 2.01. The highest BCUT2D eigenvalue weighted by molar-refractivity contribution is 5.75. The Kier molecular flexibility index (Phi) is 5.72. The minimum absolute atomic E-state index is 0.179. The molecule has 0 fully saturated rings. The summed E-state index contributed by atoms with van der Waals surface area (Å²) in [7, 11) is 0. The Morgan fingerprint density at radius 2 is 2.26 bits per heavy atom. The number of carboxylic acid groups (broad SMARTS) is 1. The van der Waals surface area contributed by atoms with Gasteiger partial charge in [0.2, 0.25) is 0 Å². The standard InChI is InChI=1S/C12H18N4O3/c1-3-16(8-9(2)11(17)18)12(19)13-7-10-5-4-6-14-15-10/h4-6,9H,3,7-8H2,1-2H3,(H,13,19)(H,17,18). The minimum atomic E-state index is -0.917. The first-order valence-corrected chi connectivity index (χ1v) is 6.06. The van der Waals surface area contributed by atoms with Crippen LogP contribution < -0.4 is 5.32 Å². The van der Waals surface area contributed by atoms with Crippen molar-refractivity contribution in [1.29, 1.82) is 0 Å². The van der Waals surface area contributed by atoms with E-state index in [-0.39, 0.29) is 19.1 Å². The number of nitrogens with zero attached hydrogens (tertiary/aromatic N) is 3. The number of aromatic nitrogens is 2. The molecule has 2 N–H and O–H groups in total. The maximum atomic E-state index is 11.9. The Balaban J connectivity index is 2.48. The second kappa shape index (κ2) is 7.30. The molecule has 0 aliphatic rings. The van der Waals surface area contributed by atoms with Crippen molar-refractivity contribution < 1.29 is 14.7 Å². The third-order valence-corrected chi connectivity index (χ3v) is 2.63. The number of carbonyl (C=O) groups is 2. The summed E-state index contributed by atoms with van der Waals surface area (Å²) in [5, 5.41) is 19.1. The van der Waals surface area contributed by atoms with E-state index in [0.29, 0.717) is 12.2 Å². The molecule has 0 saturated carbocycles. The number of hydrogen-bond donors (Lipinski definition) is 2. The molecule has 1 aromatic heterocycles. The van der Waals surface area contributed by atoms with E-state index in [1.165, 1.54) is 4.90 Å². The molecule has 0 bridgehead atoms. The van der Waals surface area contributed by atoms with Gasteiger partial charge in [-0.05, 0) is 19.1 Å². The smallest absolute Gasteiger partial charge is 0.317 e. The predicted octanol–water partition coefficient (Wildman–Crippen LogP) is 0.729. The van der Waals surface area contributed by atoms with E-state index in [1.807, 2.05) is 0 Å². The van der Waals surface area contributed by atoms with Crippen LogP contribution in [-0.4, -0.2) is 45.3 Å².